The lowest BCUT2D eigenvalue weighted by molar-refractivity contribution is 0.0698. The van der Waals surface area contributed by atoms with Gasteiger partial charge in [-0.1, -0.05) is 15.9 Å². The number of carbonyl (C=O) groups excluding carboxylic acids is 1. The highest BCUT2D eigenvalue weighted by molar-refractivity contribution is 9.10. The number of hydrogen-bond donors (Lipinski definition) is 2. The highest BCUT2D eigenvalue weighted by atomic mass is 79.9. The number of anilines is 1. The van der Waals surface area contributed by atoms with E-state index in [-0.39, 0.29) is 17.2 Å². The van der Waals surface area contributed by atoms with Gasteiger partial charge in [-0.05, 0) is 42.1 Å². The fourth-order valence-electron chi connectivity index (χ4n) is 1.59. The van der Waals surface area contributed by atoms with Gasteiger partial charge in [0, 0.05) is 4.47 Å². The predicted octanol–water partition coefficient (Wildman–Crippen LogP) is 3.77. The van der Waals surface area contributed by atoms with Crippen molar-refractivity contribution < 1.29 is 14.7 Å². The van der Waals surface area contributed by atoms with Crippen molar-refractivity contribution in [1.82, 2.24) is 0 Å². The molecule has 2 aromatic rings. The number of carboxylic acid groups (broad SMARTS) is 1. The van der Waals surface area contributed by atoms with Crippen LogP contribution < -0.4 is 5.32 Å². The summed E-state index contributed by atoms with van der Waals surface area (Å²) in [6.45, 7) is 1.84. The van der Waals surface area contributed by atoms with Crippen LogP contribution in [0.2, 0.25) is 0 Å². The van der Waals surface area contributed by atoms with Gasteiger partial charge in [-0.3, -0.25) is 4.79 Å². The minimum Gasteiger partial charge on any atom is -0.478 e. The molecule has 0 aliphatic rings. The van der Waals surface area contributed by atoms with Crippen LogP contribution in [0.15, 0.2) is 34.1 Å². The Morgan fingerprint density at radius 2 is 2.05 bits per heavy atom. The Kier molecular flexibility index (Phi) is 4.01. The summed E-state index contributed by atoms with van der Waals surface area (Å²) in [6, 6.07) is 6.55. The molecule has 1 aromatic heterocycles. The number of thiophene rings is 1. The Balaban J connectivity index is 2.32. The van der Waals surface area contributed by atoms with Gasteiger partial charge in [0.2, 0.25) is 0 Å². The van der Waals surface area contributed by atoms with Crippen molar-refractivity contribution in [3.05, 3.63) is 50.1 Å². The van der Waals surface area contributed by atoms with Crippen molar-refractivity contribution in [1.29, 1.82) is 0 Å². The van der Waals surface area contributed by atoms with Crippen LogP contribution in [0.25, 0.3) is 0 Å². The summed E-state index contributed by atoms with van der Waals surface area (Å²) in [6.07, 6.45) is 0. The third kappa shape index (κ3) is 3.02. The molecule has 0 aliphatic heterocycles. The van der Waals surface area contributed by atoms with Crippen LogP contribution in [-0.4, -0.2) is 17.0 Å². The zero-order chi connectivity index (χ0) is 14.0. The first-order valence-electron chi connectivity index (χ1n) is 5.37. The summed E-state index contributed by atoms with van der Waals surface area (Å²) >= 11 is 4.53. The summed E-state index contributed by atoms with van der Waals surface area (Å²) < 4.78 is 0.648. The van der Waals surface area contributed by atoms with E-state index in [1.165, 1.54) is 17.4 Å². The molecule has 0 aliphatic carbocycles. The van der Waals surface area contributed by atoms with E-state index in [0.717, 1.165) is 5.56 Å². The Morgan fingerprint density at radius 1 is 1.32 bits per heavy atom. The lowest BCUT2D eigenvalue weighted by Crippen LogP contribution is -2.14. The molecular formula is C13H10BrNO3S. The number of amides is 1. The average molecular weight is 340 g/mol. The second-order valence-corrected chi connectivity index (χ2v) is 5.71. The first-order valence-corrected chi connectivity index (χ1v) is 7.04. The Morgan fingerprint density at radius 3 is 2.63 bits per heavy atom. The zero-order valence-electron chi connectivity index (χ0n) is 9.94. The molecule has 0 spiro atoms. The van der Waals surface area contributed by atoms with Gasteiger partial charge in [-0.2, -0.15) is 0 Å². The second kappa shape index (κ2) is 5.54. The van der Waals surface area contributed by atoms with E-state index in [9.17, 15) is 9.59 Å². The quantitative estimate of drug-likeness (QED) is 0.894. The van der Waals surface area contributed by atoms with Gasteiger partial charge in [0.25, 0.3) is 5.91 Å². The van der Waals surface area contributed by atoms with Gasteiger partial charge in [0.1, 0.15) is 0 Å². The molecule has 6 heteroatoms. The monoisotopic (exact) mass is 339 g/mol. The summed E-state index contributed by atoms with van der Waals surface area (Å²) in [5.74, 6) is -1.38. The molecule has 1 heterocycles. The molecule has 0 atom stereocenters. The minimum absolute atomic E-state index is 0.0527. The zero-order valence-corrected chi connectivity index (χ0v) is 12.3. The maximum Gasteiger partial charge on any atom is 0.337 e. The lowest BCUT2D eigenvalue weighted by Gasteiger charge is -2.08. The first-order chi connectivity index (χ1) is 8.99. The Labute approximate surface area is 122 Å². The molecule has 0 saturated carbocycles. The van der Waals surface area contributed by atoms with Gasteiger partial charge in [-0.25, -0.2) is 4.79 Å². The van der Waals surface area contributed by atoms with E-state index < -0.39 is 5.97 Å². The normalized spacial score (nSPS) is 10.2. The molecule has 0 saturated heterocycles. The molecule has 1 aromatic carbocycles. The number of benzene rings is 1. The van der Waals surface area contributed by atoms with E-state index in [0.29, 0.717) is 9.35 Å². The number of halogens is 1. The van der Waals surface area contributed by atoms with Gasteiger partial charge in [0.15, 0.2) is 0 Å². The molecule has 98 valence electrons. The number of nitrogens with one attached hydrogen (secondary N) is 1. The molecule has 19 heavy (non-hydrogen) atoms. The maximum atomic E-state index is 12.1. The SMILES string of the molecule is Cc1ccsc1C(=O)Nc1ccc(Br)cc1C(=O)O. The summed E-state index contributed by atoms with van der Waals surface area (Å²) in [7, 11) is 0. The summed E-state index contributed by atoms with van der Waals surface area (Å²) in [5, 5.41) is 13.6. The molecule has 0 bridgehead atoms. The lowest BCUT2D eigenvalue weighted by atomic mass is 10.1. The third-order valence-electron chi connectivity index (χ3n) is 2.53. The number of rotatable bonds is 3. The first kappa shape index (κ1) is 13.8. The molecule has 2 rings (SSSR count). The number of aryl methyl sites for hydroxylation is 1. The van der Waals surface area contributed by atoms with Crippen LogP contribution in [0.4, 0.5) is 5.69 Å². The topological polar surface area (TPSA) is 66.4 Å². The van der Waals surface area contributed by atoms with Crippen LogP contribution >= 0.6 is 27.3 Å². The minimum atomic E-state index is -1.08. The second-order valence-electron chi connectivity index (χ2n) is 3.88. The van der Waals surface area contributed by atoms with Crippen LogP contribution in [0.1, 0.15) is 25.6 Å². The van der Waals surface area contributed by atoms with Crippen LogP contribution in [0.5, 0.6) is 0 Å². The van der Waals surface area contributed by atoms with Gasteiger partial charge >= 0.3 is 5.97 Å². The fraction of sp³-hybridized carbons (Fsp3) is 0.0769. The van der Waals surface area contributed by atoms with E-state index >= 15 is 0 Å². The fourth-order valence-corrected chi connectivity index (χ4v) is 2.77. The predicted molar refractivity (Wildman–Crippen MR) is 78.1 cm³/mol. The van der Waals surface area contributed by atoms with Crippen LogP contribution in [0, 0.1) is 6.92 Å². The van der Waals surface area contributed by atoms with Crippen molar-refractivity contribution in [3.8, 4) is 0 Å². The van der Waals surface area contributed by atoms with Crippen molar-refractivity contribution in [3.63, 3.8) is 0 Å². The number of carbonyl (C=O) groups is 2. The largest absolute Gasteiger partial charge is 0.478 e. The molecule has 2 N–H and O–H groups in total. The van der Waals surface area contributed by atoms with Crippen molar-refractivity contribution >= 4 is 44.8 Å². The van der Waals surface area contributed by atoms with Crippen molar-refractivity contribution in [2.45, 2.75) is 6.92 Å². The summed E-state index contributed by atoms with van der Waals surface area (Å²) in [4.78, 5) is 23.8. The van der Waals surface area contributed by atoms with Crippen molar-refractivity contribution in [2.75, 3.05) is 5.32 Å². The maximum absolute atomic E-state index is 12.1. The summed E-state index contributed by atoms with van der Waals surface area (Å²) in [5.41, 5.74) is 1.21. The third-order valence-corrected chi connectivity index (χ3v) is 4.04. The average Bonchev–Trinajstić information content (AvgIpc) is 2.77. The van der Waals surface area contributed by atoms with Crippen LogP contribution in [-0.2, 0) is 0 Å². The van der Waals surface area contributed by atoms with Crippen molar-refractivity contribution in [2.24, 2.45) is 0 Å². The highest BCUT2D eigenvalue weighted by Crippen LogP contribution is 2.23. The van der Waals surface area contributed by atoms with Gasteiger partial charge in [-0.15, -0.1) is 11.3 Å². The highest BCUT2D eigenvalue weighted by Gasteiger charge is 2.15. The standard InChI is InChI=1S/C13H10BrNO3S/c1-7-4-5-19-11(7)12(16)15-10-3-2-8(14)6-9(10)13(17)18/h2-6H,1H3,(H,15,16)(H,17,18). The number of aromatic carboxylic acids is 1. The molecule has 0 radical (unpaired) electrons. The van der Waals surface area contributed by atoms with E-state index in [4.69, 9.17) is 5.11 Å². The van der Waals surface area contributed by atoms with Crippen LogP contribution in [0.3, 0.4) is 0 Å². The van der Waals surface area contributed by atoms with E-state index in [1.54, 1.807) is 12.1 Å². The molecule has 4 nitrogen and oxygen atoms in total. The molecule has 0 unspecified atom stereocenters. The van der Waals surface area contributed by atoms with E-state index in [1.807, 2.05) is 18.4 Å². The molecular weight excluding hydrogens is 330 g/mol. The number of hydrogen-bond acceptors (Lipinski definition) is 3. The Bertz CT molecular complexity index is 651. The molecule has 0 fully saturated rings. The Hall–Kier alpha value is -1.66. The number of carboxylic acids is 1. The molecule has 1 amide bonds. The van der Waals surface area contributed by atoms with Gasteiger partial charge in [0.05, 0.1) is 16.1 Å². The van der Waals surface area contributed by atoms with E-state index in [2.05, 4.69) is 21.2 Å². The van der Waals surface area contributed by atoms with Gasteiger partial charge < -0.3 is 10.4 Å². The smallest absolute Gasteiger partial charge is 0.337 e.